The third kappa shape index (κ3) is 5.92. The number of Topliss-reactive ketones (excluding diaryl/α,β-unsaturated/α-hetero) is 1. The first-order valence-electron chi connectivity index (χ1n) is 14.9. The molecule has 2 aliphatic carbocycles. The fourth-order valence-corrected chi connectivity index (χ4v) is 9.35. The summed E-state index contributed by atoms with van der Waals surface area (Å²) in [7, 11) is -2.34. The maximum absolute atomic E-state index is 14.1. The van der Waals surface area contributed by atoms with Gasteiger partial charge in [-0.2, -0.15) is 4.31 Å². The molecule has 1 amide bonds. The molecule has 0 radical (unpaired) electrons. The molecule has 2 bridgehead atoms. The molecule has 2 aromatic carbocycles. The summed E-state index contributed by atoms with van der Waals surface area (Å²) in [4.78, 5) is 32.2. The van der Waals surface area contributed by atoms with Gasteiger partial charge in [0.25, 0.3) is 0 Å². The number of fused-ring (bicyclic) bond motifs is 3. The highest BCUT2D eigenvalue weighted by atomic mass is 32.2. The van der Waals surface area contributed by atoms with Crippen molar-refractivity contribution < 1.29 is 22.7 Å². The molecule has 0 spiro atoms. The number of hydrogen-bond acceptors (Lipinski definition) is 5. The number of benzene rings is 2. The van der Waals surface area contributed by atoms with E-state index >= 15 is 0 Å². The minimum absolute atomic E-state index is 0.0555. The SMILES string of the molecule is COCCCN(CC(=O)N(CCc1c[nH]c2ccccc12)Cc1ccccc1)S(=O)(=O)CC12CCC(CC1=O)C2(C)C. The van der Waals surface area contributed by atoms with E-state index in [1.54, 1.807) is 12.0 Å². The highest BCUT2D eigenvalue weighted by Crippen LogP contribution is 2.64. The Bertz CT molecular complexity index is 1520. The number of para-hydroxylation sites is 1. The van der Waals surface area contributed by atoms with Gasteiger partial charge < -0.3 is 14.6 Å². The zero-order valence-corrected chi connectivity index (χ0v) is 25.8. The average molecular weight is 594 g/mol. The highest BCUT2D eigenvalue weighted by molar-refractivity contribution is 7.89. The van der Waals surface area contributed by atoms with Crippen LogP contribution in [0.1, 0.15) is 50.7 Å². The molecular weight excluding hydrogens is 550 g/mol. The van der Waals surface area contributed by atoms with Crippen LogP contribution in [0.4, 0.5) is 0 Å². The van der Waals surface area contributed by atoms with Crippen LogP contribution in [0.3, 0.4) is 0 Å². The maximum atomic E-state index is 14.1. The third-order valence-corrected chi connectivity index (χ3v) is 11.9. The van der Waals surface area contributed by atoms with E-state index in [0.29, 0.717) is 45.4 Å². The Morgan fingerprint density at radius 1 is 1.07 bits per heavy atom. The van der Waals surface area contributed by atoms with E-state index in [1.807, 2.05) is 68.6 Å². The van der Waals surface area contributed by atoms with Gasteiger partial charge in [0.15, 0.2) is 0 Å². The number of ketones is 1. The summed E-state index contributed by atoms with van der Waals surface area (Å²) in [6.45, 7) is 5.18. The predicted octanol–water partition coefficient (Wildman–Crippen LogP) is 4.80. The Balaban J connectivity index is 1.37. The molecule has 0 saturated heterocycles. The largest absolute Gasteiger partial charge is 0.385 e. The van der Waals surface area contributed by atoms with Crippen molar-refractivity contribution in [2.24, 2.45) is 16.7 Å². The van der Waals surface area contributed by atoms with E-state index in [9.17, 15) is 18.0 Å². The minimum atomic E-state index is -3.92. The number of methoxy groups -OCH3 is 1. The van der Waals surface area contributed by atoms with Gasteiger partial charge in [0.05, 0.1) is 12.3 Å². The molecule has 1 N–H and O–H groups in total. The monoisotopic (exact) mass is 593 g/mol. The molecule has 2 atom stereocenters. The van der Waals surface area contributed by atoms with Crippen molar-refractivity contribution in [3.8, 4) is 0 Å². The van der Waals surface area contributed by atoms with Crippen LogP contribution in [0.25, 0.3) is 10.9 Å². The van der Waals surface area contributed by atoms with Crippen LogP contribution in [0, 0.1) is 16.7 Å². The van der Waals surface area contributed by atoms with Crippen molar-refractivity contribution in [2.45, 2.75) is 52.5 Å². The van der Waals surface area contributed by atoms with E-state index in [2.05, 4.69) is 11.1 Å². The standard InChI is InChI=1S/C33H43N3O5S/c1-32(2)27-14-16-33(32,30(37)20-27)24-42(39,40)36(17-9-19-41-3)23-31(38)35(22-25-10-5-4-6-11-25)18-15-26-21-34-29-13-8-7-12-28(26)29/h4-8,10-13,21,27,34H,9,14-20,22-24H2,1-3H3. The lowest BCUT2D eigenvalue weighted by atomic mass is 9.70. The van der Waals surface area contributed by atoms with Gasteiger partial charge in [-0.3, -0.25) is 9.59 Å². The second-order valence-electron chi connectivity index (χ2n) is 12.5. The topological polar surface area (TPSA) is 99.8 Å². The zero-order valence-electron chi connectivity index (χ0n) is 25.0. The minimum Gasteiger partial charge on any atom is -0.385 e. The van der Waals surface area contributed by atoms with Crippen molar-refractivity contribution in [1.82, 2.24) is 14.2 Å². The molecule has 8 nitrogen and oxygen atoms in total. The van der Waals surface area contributed by atoms with E-state index < -0.39 is 15.4 Å². The van der Waals surface area contributed by atoms with Crippen molar-refractivity contribution >= 4 is 32.6 Å². The first-order valence-corrected chi connectivity index (χ1v) is 16.5. The molecule has 5 rings (SSSR count). The van der Waals surface area contributed by atoms with Gasteiger partial charge in [-0.1, -0.05) is 62.4 Å². The number of aromatic nitrogens is 1. The van der Waals surface area contributed by atoms with Crippen LogP contribution in [0.2, 0.25) is 0 Å². The summed E-state index contributed by atoms with van der Waals surface area (Å²) in [5.74, 6) is -0.218. The van der Waals surface area contributed by atoms with Gasteiger partial charge in [0, 0.05) is 62.3 Å². The van der Waals surface area contributed by atoms with E-state index in [-0.39, 0.29) is 41.9 Å². The molecule has 2 fully saturated rings. The first kappa shape index (κ1) is 30.4. The van der Waals surface area contributed by atoms with Gasteiger partial charge in [0.1, 0.15) is 5.78 Å². The molecule has 9 heteroatoms. The van der Waals surface area contributed by atoms with E-state index in [1.165, 1.54) is 4.31 Å². The Labute approximate surface area is 249 Å². The lowest BCUT2D eigenvalue weighted by molar-refractivity contribution is -0.132. The molecule has 1 heterocycles. The smallest absolute Gasteiger partial charge is 0.238 e. The van der Waals surface area contributed by atoms with Gasteiger partial charge in [0.2, 0.25) is 15.9 Å². The molecular formula is C33H43N3O5S. The summed E-state index contributed by atoms with van der Waals surface area (Å²) in [5.41, 5.74) is 1.86. The Kier molecular flexibility index (Phi) is 8.92. The van der Waals surface area contributed by atoms with Crippen LogP contribution < -0.4 is 0 Å². The molecule has 226 valence electrons. The lowest BCUT2D eigenvalue weighted by Crippen LogP contribution is -2.49. The fraction of sp³-hybridized carbons (Fsp3) is 0.515. The van der Waals surface area contributed by atoms with Crippen LogP contribution in [0.15, 0.2) is 60.8 Å². The van der Waals surface area contributed by atoms with Gasteiger partial charge in [-0.15, -0.1) is 0 Å². The first-order chi connectivity index (χ1) is 20.1. The summed E-state index contributed by atoms with van der Waals surface area (Å²) in [6, 6.07) is 17.8. The molecule has 0 aliphatic heterocycles. The summed E-state index contributed by atoms with van der Waals surface area (Å²) in [6.07, 6.45) is 4.98. The number of amides is 1. The molecule has 1 aromatic heterocycles. The Morgan fingerprint density at radius 2 is 1.81 bits per heavy atom. The zero-order chi connectivity index (χ0) is 30.0. The normalized spacial score (nSPS) is 21.4. The van der Waals surface area contributed by atoms with Crippen LogP contribution in [0.5, 0.6) is 0 Å². The second-order valence-corrected chi connectivity index (χ2v) is 14.5. The third-order valence-electron chi connectivity index (χ3n) is 9.92. The number of rotatable bonds is 14. The van der Waals surface area contributed by atoms with Crippen LogP contribution in [-0.2, 0) is 37.3 Å². The fourth-order valence-electron chi connectivity index (χ4n) is 7.15. The number of nitrogens with one attached hydrogen (secondary N) is 1. The molecule has 2 aliphatic rings. The molecule has 2 unspecified atom stereocenters. The van der Waals surface area contributed by atoms with Crippen LogP contribution in [-0.4, -0.2) is 73.4 Å². The number of carbonyl (C=O) groups is 2. The average Bonchev–Trinajstić information content (AvgIpc) is 3.54. The van der Waals surface area contributed by atoms with Crippen molar-refractivity contribution in [3.05, 3.63) is 71.9 Å². The second kappa shape index (κ2) is 12.3. The Morgan fingerprint density at radius 3 is 2.50 bits per heavy atom. The molecule has 3 aromatic rings. The number of nitrogens with zero attached hydrogens (tertiary/aromatic N) is 2. The van der Waals surface area contributed by atoms with E-state index in [0.717, 1.165) is 28.5 Å². The predicted molar refractivity (Wildman–Crippen MR) is 164 cm³/mol. The van der Waals surface area contributed by atoms with Crippen molar-refractivity contribution in [3.63, 3.8) is 0 Å². The quantitative estimate of drug-likeness (QED) is 0.271. The molecule has 2 saturated carbocycles. The van der Waals surface area contributed by atoms with Crippen LogP contribution >= 0.6 is 0 Å². The number of hydrogen-bond donors (Lipinski definition) is 1. The molecule has 42 heavy (non-hydrogen) atoms. The van der Waals surface area contributed by atoms with Gasteiger partial charge in [-0.25, -0.2) is 8.42 Å². The number of H-pyrrole nitrogens is 1. The number of ether oxygens (including phenoxy) is 1. The van der Waals surface area contributed by atoms with Crippen molar-refractivity contribution in [2.75, 3.05) is 39.1 Å². The summed E-state index contributed by atoms with van der Waals surface area (Å²) < 4.78 is 34.6. The van der Waals surface area contributed by atoms with Gasteiger partial charge >= 0.3 is 0 Å². The highest BCUT2D eigenvalue weighted by Gasteiger charge is 2.65. The summed E-state index contributed by atoms with van der Waals surface area (Å²) in [5, 5.41) is 1.12. The maximum Gasteiger partial charge on any atom is 0.238 e. The van der Waals surface area contributed by atoms with Crippen molar-refractivity contribution in [1.29, 1.82) is 0 Å². The number of aromatic amines is 1. The van der Waals surface area contributed by atoms with Gasteiger partial charge in [-0.05, 0) is 54.2 Å². The number of carbonyl (C=O) groups excluding carboxylic acids is 2. The Hall–Kier alpha value is -3.01. The van der Waals surface area contributed by atoms with E-state index in [4.69, 9.17) is 4.74 Å². The summed E-state index contributed by atoms with van der Waals surface area (Å²) >= 11 is 0. The lowest BCUT2D eigenvalue weighted by Gasteiger charge is -2.38. The number of sulfonamides is 1.